The van der Waals surface area contributed by atoms with E-state index in [-0.39, 0.29) is 22.3 Å². The number of rotatable bonds is 3. The fraction of sp³-hybridized carbons (Fsp3) is 0. The predicted octanol–water partition coefficient (Wildman–Crippen LogP) is 3.92. The highest BCUT2D eigenvalue weighted by Gasteiger charge is 2.16. The molecular formula is C15H8ClF2N3O2. The van der Waals surface area contributed by atoms with Gasteiger partial charge < -0.3 is 4.42 Å². The van der Waals surface area contributed by atoms with Crippen LogP contribution in [0.4, 0.5) is 14.8 Å². The first kappa shape index (κ1) is 15.1. The topological polar surface area (TPSA) is 68.0 Å². The number of hydrogen-bond donors (Lipinski definition) is 1. The van der Waals surface area contributed by atoms with Crippen LogP contribution in [0.1, 0.15) is 10.4 Å². The Morgan fingerprint density at radius 3 is 2.70 bits per heavy atom. The number of oxazole rings is 1. The minimum Gasteiger partial charge on any atom is -0.432 e. The van der Waals surface area contributed by atoms with Gasteiger partial charge in [-0.2, -0.15) is 0 Å². The molecule has 0 spiro atoms. The Kier molecular flexibility index (Phi) is 4.03. The van der Waals surface area contributed by atoms with Crippen molar-refractivity contribution in [3.8, 4) is 11.3 Å². The molecule has 0 aliphatic carbocycles. The van der Waals surface area contributed by atoms with Crippen LogP contribution in [0.3, 0.4) is 0 Å². The van der Waals surface area contributed by atoms with E-state index in [9.17, 15) is 13.6 Å². The Balaban J connectivity index is 1.95. The minimum atomic E-state index is -0.827. The number of carbonyl (C=O) groups is 1. The van der Waals surface area contributed by atoms with Crippen LogP contribution in [-0.4, -0.2) is 15.9 Å². The lowest BCUT2D eigenvalue weighted by molar-refractivity contribution is 0.102. The second-order valence-corrected chi connectivity index (χ2v) is 4.88. The van der Waals surface area contributed by atoms with E-state index in [2.05, 4.69) is 15.3 Å². The average molecular weight is 336 g/mol. The third-order valence-corrected chi connectivity index (χ3v) is 3.27. The Hall–Kier alpha value is -2.80. The summed E-state index contributed by atoms with van der Waals surface area (Å²) in [6, 6.07) is 5.16. The lowest BCUT2D eigenvalue weighted by atomic mass is 10.1. The molecule has 3 rings (SSSR count). The van der Waals surface area contributed by atoms with E-state index in [0.29, 0.717) is 5.56 Å². The van der Waals surface area contributed by atoms with E-state index < -0.39 is 17.5 Å². The van der Waals surface area contributed by atoms with Crippen molar-refractivity contribution in [3.05, 3.63) is 65.1 Å². The lowest BCUT2D eigenvalue weighted by Gasteiger charge is -2.06. The van der Waals surface area contributed by atoms with Crippen LogP contribution in [-0.2, 0) is 0 Å². The van der Waals surface area contributed by atoms with Gasteiger partial charge in [-0.25, -0.2) is 13.8 Å². The first-order valence-electron chi connectivity index (χ1n) is 6.36. The van der Waals surface area contributed by atoms with E-state index in [4.69, 9.17) is 16.0 Å². The number of hydrogen-bond acceptors (Lipinski definition) is 4. The van der Waals surface area contributed by atoms with Gasteiger partial charge in [0, 0.05) is 5.56 Å². The standard InChI is InChI=1S/C15H8ClF2N3O2/c16-10-2-1-8(5-11(10)17)13-6-9(12(18)7-20-13)14(22)21-15-19-3-4-23-15/h1-7H,(H,19,21,22). The third kappa shape index (κ3) is 3.19. The number of aromatic nitrogens is 2. The maximum absolute atomic E-state index is 13.8. The second-order valence-electron chi connectivity index (χ2n) is 4.47. The van der Waals surface area contributed by atoms with Crippen LogP contribution < -0.4 is 5.32 Å². The smallest absolute Gasteiger partial charge is 0.301 e. The maximum atomic E-state index is 13.8. The summed E-state index contributed by atoms with van der Waals surface area (Å²) in [5.41, 5.74) is 0.306. The molecule has 0 radical (unpaired) electrons. The molecule has 0 atom stereocenters. The molecule has 8 heteroatoms. The first-order chi connectivity index (χ1) is 11.0. The van der Waals surface area contributed by atoms with Gasteiger partial charge in [0.1, 0.15) is 12.1 Å². The van der Waals surface area contributed by atoms with Crippen LogP contribution in [0.5, 0.6) is 0 Å². The molecule has 0 unspecified atom stereocenters. The van der Waals surface area contributed by atoms with E-state index in [0.717, 1.165) is 12.3 Å². The highest BCUT2D eigenvalue weighted by molar-refractivity contribution is 6.30. The van der Waals surface area contributed by atoms with Crippen LogP contribution in [0, 0.1) is 11.6 Å². The molecule has 2 aromatic heterocycles. The number of anilines is 1. The van der Waals surface area contributed by atoms with Gasteiger partial charge in [-0.05, 0) is 18.2 Å². The number of benzene rings is 1. The van der Waals surface area contributed by atoms with E-state index in [1.165, 1.54) is 30.7 Å². The molecule has 0 aliphatic heterocycles. The largest absolute Gasteiger partial charge is 0.432 e. The molecule has 1 aromatic carbocycles. The molecule has 23 heavy (non-hydrogen) atoms. The number of halogens is 3. The summed E-state index contributed by atoms with van der Waals surface area (Å²) in [6.45, 7) is 0. The summed E-state index contributed by atoms with van der Waals surface area (Å²) >= 11 is 5.62. The van der Waals surface area contributed by atoms with Gasteiger partial charge in [0.25, 0.3) is 5.91 Å². The van der Waals surface area contributed by atoms with Crippen molar-refractivity contribution in [1.29, 1.82) is 0 Å². The summed E-state index contributed by atoms with van der Waals surface area (Å²) in [7, 11) is 0. The van der Waals surface area contributed by atoms with Crippen molar-refractivity contribution in [2.24, 2.45) is 0 Å². The Morgan fingerprint density at radius 2 is 2.00 bits per heavy atom. The fourth-order valence-corrected chi connectivity index (χ4v) is 1.99. The molecule has 3 aromatic rings. The SMILES string of the molecule is O=C(Nc1ncco1)c1cc(-c2ccc(Cl)c(F)c2)ncc1F. The van der Waals surface area contributed by atoms with Crippen molar-refractivity contribution < 1.29 is 18.0 Å². The highest BCUT2D eigenvalue weighted by atomic mass is 35.5. The molecule has 5 nitrogen and oxygen atoms in total. The molecule has 2 heterocycles. The molecule has 0 saturated heterocycles. The number of nitrogens with one attached hydrogen (secondary N) is 1. The van der Waals surface area contributed by atoms with E-state index >= 15 is 0 Å². The zero-order chi connectivity index (χ0) is 16.4. The van der Waals surface area contributed by atoms with E-state index in [1.807, 2.05) is 0 Å². The molecule has 0 aliphatic rings. The van der Waals surface area contributed by atoms with Crippen LogP contribution in [0.2, 0.25) is 5.02 Å². The van der Waals surface area contributed by atoms with Gasteiger partial charge in [-0.3, -0.25) is 15.1 Å². The summed E-state index contributed by atoms with van der Waals surface area (Å²) < 4.78 is 32.2. The third-order valence-electron chi connectivity index (χ3n) is 2.97. The number of nitrogens with zero attached hydrogens (tertiary/aromatic N) is 2. The quantitative estimate of drug-likeness (QED) is 0.787. The minimum absolute atomic E-state index is 0.0438. The molecule has 0 saturated carbocycles. The molecule has 1 amide bonds. The van der Waals surface area contributed by atoms with Crippen LogP contribution in [0.15, 0.2) is 47.3 Å². The van der Waals surface area contributed by atoms with Gasteiger partial charge in [0.15, 0.2) is 5.82 Å². The van der Waals surface area contributed by atoms with Crippen molar-refractivity contribution in [2.75, 3.05) is 5.32 Å². The van der Waals surface area contributed by atoms with Gasteiger partial charge in [-0.1, -0.05) is 17.7 Å². The lowest BCUT2D eigenvalue weighted by Crippen LogP contribution is -2.14. The number of carbonyl (C=O) groups excluding carboxylic acids is 1. The predicted molar refractivity (Wildman–Crippen MR) is 79.1 cm³/mol. The molecule has 116 valence electrons. The highest BCUT2D eigenvalue weighted by Crippen LogP contribution is 2.24. The fourth-order valence-electron chi connectivity index (χ4n) is 1.88. The summed E-state index contributed by atoms with van der Waals surface area (Å²) in [6.07, 6.45) is 3.48. The van der Waals surface area contributed by atoms with Gasteiger partial charge in [0.2, 0.25) is 0 Å². The zero-order valence-corrected chi connectivity index (χ0v) is 12.1. The Labute approximate surface area is 133 Å². The summed E-state index contributed by atoms with van der Waals surface area (Å²) in [4.78, 5) is 19.6. The van der Waals surface area contributed by atoms with Crippen LogP contribution in [0.25, 0.3) is 11.3 Å². The average Bonchev–Trinajstić information content (AvgIpc) is 3.03. The maximum Gasteiger partial charge on any atom is 0.301 e. The summed E-state index contributed by atoms with van der Waals surface area (Å²) in [5, 5.41) is 2.25. The molecule has 1 N–H and O–H groups in total. The van der Waals surface area contributed by atoms with Crippen molar-refractivity contribution in [1.82, 2.24) is 9.97 Å². The summed E-state index contributed by atoms with van der Waals surface area (Å²) in [5.74, 6) is -2.23. The first-order valence-corrected chi connectivity index (χ1v) is 6.74. The Bertz CT molecular complexity index is 869. The van der Waals surface area contributed by atoms with Gasteiger partial charge >= 0.3 is 6.01 Å². The van der Waals surface area contributed by atoms with Crippen LogP contribution >= 0.6 is 11.6 Å². The van der Waals surface area contributed by atoms with Crippen molar-refractivity contribution >= 4 is 23.5 Å². The molecule has 0 fully saturated rings. The van der Waals surface area contributed by atoms with Crippen molar-refractivity contribution in [3.63, 3.8) is 0 Å². The molecular weight excluding hydrogens is 328 g/mol. The second kappa shape index (κ2) is 6.13. The normalized spacial score (nSPS) is 10.6. The number of amides is 1. The van der Waals surface area contributed by atoms with Gasteiger partial charge in [-0.15, -0.1) is 0 Å². The number of pyridine rings is 1. The zero-order valence-electron chi connectivity index (χ0n) is 11.4. The molecule has 0 bridgehead atoms. The monoisotopic (exact) mass is 335 g/mol. The van der Waals surface area contributed by atoms with Gasteiger partial charge in [0.05, 0.1) is 28.7 Å². The van der Waals surface area contributed by atoms with E-state index in [1.54, 1.807) is 0 Å². The van der Waals surface area contributed by atoms with Crippen molar-refractivity contribution in [2.45, 2.75) is 0 Å². The Morgan fingerprint density at radius 1 is 1.17 bits per heavy atom.